The van der Waals surface area contributed by atoms with Crippen molar-refractivity contribution >= 4 is 33.6 Å². The van der Waals surface area contributed by atoms with Gasteiger partial charge in [0, 0.05) is 57.7 Å². The van der Waals surface area contributed by atoms with Crippen LogP contribution in [0.4, 0.5) is 0 Å². The van der Waals surface area contributed by atoms with E-state index in [2.05, 4.69) is 53.2 Å². The van der Waals surface area contributed by atoms with E-state index in [0.29, 0.717) is 12.0 Å². The van der Waals surface area contributed by atoms with Crippen LogP contribution >= 0.6 is 0 Å². The predicted octanol–water partition coefficient (Wildman–Crippen LogP) is 4.96. The van der Waals surface area contributed by atoms with Crippen molar-refractivity contribution in [1.82, 2.24) is 9.88 Å². The molecule has 2 aromatic carbocycles. The molecule has 0 amide bonds. The Morgan fingerprint density at radius 1 is 1.13 bits per heavy atom. The van der Waals surface area contributed by atoms with Crippen LogP contribution < -0.4 is 5.32 Å². The molecule has 1 N–H and O–H groups in total. The number of aromatic nitrogens is 1. The number of methoxy groups -OCH3 is 1. The van der Waals surface area contributed by atoms with Crippen LogP contribution in [0.25, 0.3) is 21.8 Å². The summed E-state index contributed by atoms with van der Waals surface area (Å²) in [7, 11) is 1.39. The topological polar surface area (TPSA) is 60.3 Å². The Bertz CT molecular complexity index is 1310. The van der Waals surface area contributed by atoms with E-state index in [4.69, 9.17) is 4.74 Å². The maximum Gasteiger partial charge on any atom is 0.336 e. The third-order valence-corrected chi connectivity index (χ3v) is 6.63. The SMILES string of the molecule is CCn1c2ccccc2c2cc([C@H]3C(C(=O)OC)=C(C)NC4=C3C(=O)CCC4)ccc21. The monoisotopic (exact) mass is 414 g/mol. The molecule has 2 aliphatic rings. The van der Waals surface area contributed by atoms with Crippen LogP contribution in [0.3, 0.4) is 0 Å². The summed E-state index contributed by atoms with van der Waals surface area (Å²) in [5.41, 5.74) is 6.26. The van der Waals surface area contributed by atoms with E-state index in [1.807, 2.05) is 13.0 Å². The Morgan fingerprint density at radius 3 is 2.68 bits per heavy atom. The first-order chi connectivity index (χ1) is 15.0. The minimum atomic E-state index is -0.412. The number of aryl methyl sites for hydroxylation is 1. The number of hydrogen-bond acceptors (Lipinski definition) is 4. The molecule has 0 saturated carbocycles. The predicted molar refractivity (Wildman–Crippen MR) is 122 cm³/mol. The number of fused-ring (bicyclic) bond motifs is 3. The maximum absolute atomic E-state index is 13.0. The van der Waals surface area contributed by atoms with Crippen molar-refractivity contribution in [2.75, 3.05) is 7.11 Å². The van der Waals surface area contributed by atoms with Gasteiger partial charge in [-0.25, -0.2) is 4.79 Å². The molecule has 0 spiro atoms. The highest BCUT2D eigenvalue weighted by molar-refractivity contribution is 6.09. The first kappa shape index (κ1) is 19.6. The largest absolute Gasteiger partial charge is 0.466 e. The highest BCUT2D eigenvalue weighted by Crippen LogP contribution is 2.43. The number of dihydropyridines is 1. The minimum absolute atomic E-state index is 0.115. The van der Waals surface area contributed by atoms with Crippen LogP contribution in [0, 0.1) is 0 Å². The lowest BCUT2D eigenvalue weighted by molar-refractivity contribution is -0.136. The highest BCUT2D eigenvalue weighted by atomic mass is 16.5. The lowest BCUT2D eigenvalue weighted by Gasteiger charge is -2.34. The summed E-state index contributed by atoms with van der Waals surface area (Å²) in [5, 5.41) is 5.65. The van der Waals surface area contributed by atoms with Gasteiger partial charge >= 0.3 is 5.97 Å². The molecule has 0 fully saturated rings. The summed E-state index contributed by atoms with van der Waals surface area (Å²) >= 11 is 0. The smallest absolute Gasteiger partial charge is 0.336 e. The van der Waals surface area contributed by atoms with Gasteiger partial charge in [-0.3, -0.25) is 4.79 Å². The van der Waals surface area contributed by atoms with E-state index in [0.717, 1.165) is 52.8 Å². The van der Waals surface area contributed by atoms with Crippen molar-refractivity contribution in [2.45, 2.75) is 45.6 Å². The summed E-state index contributed by atoms with van der Waals surface area (Å²) in [4.78, 5) is 25.8. The molecule has 5 rings (SSSR count). The molecule has 3 aromatic rings. The van der Waals surface area contributed by atoms with E-state index in [1.54, 1.807) is 0 Å². The lowest BCUT2D eigenvalue weighted by atomic mass is 9.75. The van der Waals surface area contributed by atoms with E-state index in [9.17, 15) is 9.59 Å². The van der Waals surface area contributed by atoms with Crippen molar-refractivity contribution in [3.05, 3.63) is 70.6 Å². The summed E-state index contributed by atoms with van der Waals surface area (Å²) in [6.45, 7) is 4.91. The number of Topliss-reactive ketones (excluding diaryl/α,β-unsaturated/α-hetero) is 1. The van der Waals surface area contributed by atoms with Gasteiger partial charge in [-0.15, -0.1) is 0 Å². The minimum Gasteiger partial charge on any atom is -0.466 e. The van der Waals surface area contributed by atoms with Crippen LogP contribution in [-0.2, 0) is 20.9 Å². The van der Waals surface area contributed by atoms with Crippen LogP contribution in [0.2, 0.25) is 0 Å². The molecule has 5 nitrogen and oxygen atoms in total. The number of allylic oxidation sites excluding steroid dienone is 3. The number of benzene rings is 2. The second kappa shape index (κ2) is 7.41. The van der Waals surface area contributed by atoms with E-state index in [1.165, 1.54) is 18.0 Å². The first-order valence-electron chi connectivity index (χ1n) is 10.9. The highest BCUT2D eigenvalue weighted by Gasteiger charge is 2.39. The fourth-order valence-electron chi connectivity index (χ4n) is 5.29. The Balaban J connectivity index is 1.78. The lowest BCUT2D eigenvalue weighted by Crippen LogP contribution is -2.34. The molecule has 1 aliphatic heterocycles. The number of carbonyl (C=O) groups excluding carboxylic acids is 2. The molecule has 0 radical (unpaired) electrons. The summed E-state index contributed by atoms with van der Waals surface area (Å²) in [6.07, 6.45) is 2.17. The van der Waals surface area contributed by atoms with Crippen molar-refractivity contribution in [2.24, 2.45) is 0 Å². The number of para-hydroxylation sites is 1. The van der Waals surface area contributed by atoms with Gasteiger partial charge in [0.2, 0.25) is 0 Å². The van der Waals surface area contributed by atoms with Crippen molar-refractivity contribution in [3.8, 4) is 0 Å². The molecule has 2 heterocycles. The molecule has 31 heavy (non-hydrogen) atoms. The van der Waals surface area contributed by atoms with Crippen LogP contribution in [0.1, 0.15) is 44.6 Å². The van der Waals surface area contributed by atoms with Gasteiger partial charge in [0.1, 0.15) is 0 Å². The number of ketones is 1. The van der Waals surface area contributed by atoms with E-state index in [-0.39, 0.29) is 5.78 Å². The molecule has 1 atom stereocenters. The molecule has 0 saturated heterocycles. The van der Waals surface area contributed by atoms with Crippen LogP contribution in [-0.4, -0.2) is 23.4 Å². The fraction of sp³-hybridized carbons (Fsp3) is 0.308. The standard InChI is InChI=1S/C26H26N2O3/c1-4-28-20-10-6-5-8-17(20)18-14-16(12-13-21(18)28)24-23(26(30)31-3)15(2)27-19-9-7-11-22(29)25(19)24/h5-6,8,10,12-14,24,27H,4,7,9,11H2,1-3H3/t24-/m0/s1. The average Bonchev–Trinajstić information content (AvgIpc) is 3.10. The molecule has 0 bridgehead atoms. The Hall–Kier alpha value is -3.34. The zero-order valence-corrected chi connectivity index (χ0v) is 18.1. The van der Waals surface area contributed by atoms with Crippen molar-refractivity contribution in [3.63, 3.8) is 0 Å². The second-order valence-electron chi connectivity index (χ2n) is 8.30. The number of esters is 1. The summed E-state index contributed by atoms with van der Waals surface area (Å²) < 4.78 is 7.43. The normalized spacial score (nSPS) is 19.1. The Kier molecular flexibility index (Phi) is 4.69. The Morgan fingerprint density at radius 2 is 1.90 bits per heavy atom. The molecular formula is C26H26N2O3. The second-order valence-corrected chi connectivity index (χ2v) is 8.30. The number of nitrogens with one attached hydrogen (secondary N) is 1. The first-order valence-corrected chi connectivity index (χ1v) is 10.9. The number of rotatable bonds is 3. The molecule has 0 unspecified atom stereocenters. The molecule has 1 aromatic heterocycles. The average molecular weight is 415 g/mol. The van der Waals surface area contributed by atoms with E-state index >= 15 is 0 Å². The third-order valence-electron chi connectivity index (χ3n) is 6.63. The number of carbonyl (C=O) groups is 2. The fourth-order valence-corrected chi connectivity index (χ4v) is 5.29. The van der Waals surface area contributed by atoms with Gasteiger partial charge in [0.25, 0.3) is 0 Å². The zero-order chi connectivity index (χ0) is 21.7. The molecular weight excluding hydrogens is 388 g/mol. The maximum atomic E-state index is 13.0. The van der Waals surface area contributed by atoms with Crippen LogP contribution in [0.5, 0.6) is 0 Å². The molecule has 5 heteroatoms. The van der Waals surface area contributed by atoms with Crippen molar-refractivity contribution < 1.29 is 14.3 Å². The third kappa shape index (κ3) is 2.91. The summed E-state index contributed by atoms with van der Waals surface area (Å²) in [6, 6.07) is 14.7. The quantitative estimate of drug-likeness (QED) is 0.616. The van der Waals surface area contributed by atoms with Crippen LogP contribution in [0.15, 0.2) is 65.0 Å². The Labute approximate surface area is 181 Å². The van der Waals surface area contributed by atoms with E-state index < -0.39 is 11.9 Å². The summed E-state index contributed by atoms with van der Waals surface area (Å²) in [5.74, 6) is -0.690. The molecule has 158 valence electrons. The van der Waals surface area contributed by atoms with Gasteiger partial charge in [-0.1, -0.05) is 24.3 Å². The van der Waals surface area contributed by atoms with Crippen molar-refractivity contribution in [1.29, 1.82) is 0 Å². The van der Waals surface area contributed by atoms with Gasteiger partial charge in [0.15, 0.2) is 5.78 Å². The van der Waals surface area contributed by atoms with Gasteiger partial charge in [-0.2, -0.15) is 0 Å². The van der Waals surface area contributed by atoms with Gasteiger partial charge < -0.3 is 14.6 Å². The van der Waals surface area contributed by atoms with Gasteiger partial charge in [0.05, 0.1) is 12.7 Å². The zero-order valence-electron chi connectivity index (χ0n) is 18.1. The number of ether oxygens (including phenoxy) is 1. The number of hydrogen-bond donors (Lipinski definition) is 1. The number of nitrogens with zero attached hydrogens (tertiary/aromatic N) is 1. The van der Waals surface area contributed by atoms with Gasteiger partial charge in [-0.05, 0) is 50.5 Å². The molecule has 1 aliphatic carbocycles.